The lowest BCUT2D eigenvalue weighted by molar-refractivity contribution is 0.474. The van der Waals surface area contributed by atoms with Gasteiger partial charge in [-0.25, -0.2) is 8.78 Å². The Morgan fingerprint density at radius 1 is 0.781 bits per heavy atom. The molecule has 0 aliphatic carbocycles. The summed E-state index contributed by atoms with van der Waals surface area (Å²) in [5.74, 6) is -0.719. The van der Waals surface area contributed by atoms with Crippen molar-refractivity contribution in [1.29, 1.82) is 0 Å². The molecule has 2 N–H and O–H groups in total. The molecule has 0 bridgehead atoms. The Morgan fingerprint density at radius 2 is 1.41 bits per heavy atom. The van der Waals surface area contributed by atoms with Gasteiger partial charge in [0.05, 0.1) is 0 Å². The van der Waals surface area contributed by atoms with Crippen molar-refractivity contribution in [3.63, 3.8) is 0 Å². The molecule has 32 heavy (non-hydrogen) atoms. The lowest BCUT2D eigenvalue weighted by Gasteiger charge is -2.19. The van der Waals surface area contributed by atoms with Gasteiger partial charge in [0, 0.05) is 17.7 Å². The molecular formula is C27H23F2NO2. The summed E-state index contributed by atoms with van der Waals surface area (Å²) in [6.45, 7) is 0. The van der Waals surface area contributed by atoms with Crippen molar-refractivity contribution < 1.29 is 13.9 Å². The van der Waals surface area contributed by atoms with E-state index < -0.39 is 0 Å². The second-order valence-corrected chi connectivity index (χ2v) is 7.85. The van der Waals surface area contributed by atoms with Gasteiger partial charge in [-0.05, 0) is 84.0 Å². The molecule has 0 unspecified atom stereocenters. The van der Waals surface area contributed by atoms with Crippen LogP contribution in [0.2, 0.25) is 0 Å². The topological polar surface area (TPSA) is 53.1 Å². The normalized spacial score (nSPS) is 11.1. The van der Waals surface area contributed by atoms with E-state index in [4.69, 9.17) is 0 Å². The number of H-pyrrole nitrogens is 1. The molecule has 0 saturated carbocycles. The number of halogens is 2. The van der Waals surface area contributed by atoms with Crippen molar-refractivity contribution in [2.45, 2.75) is 25.2 Å². The number of nitrogens with one attached hydrogen (secondary N) is 1. The summed E-state index contributed by atoms with van der Waals surface area (Å²) in [5, 5.41) is 9.62. The van der Waals surface area contributed by atoms with Gasteiger partial charge in [0.15, 0.2) is 0 Å². The summed E-state index contributed by atoms with van der Waals surface area (Å²) >= 11 is 0. The number of hydrogen-bond donors (Lipinski definition) is 2. The van der Waals surface area contributed by atoms with Gasteiger partial charge in [-0.2, -0.15) is 0 Å². The van der Waals surface area contributed by atoms with Gasteiger partial charge in [0.25, 0.3) is 5.56 Å². The number of phenolic OH excluding ortho intramolecular Hbond substituents is 1. The zero-order chi connectivity index (χ0) is 22.5. The minimum Gasteiger partial charge on any atom is -0.508 e. The fourth-order valence-corrected chi connectivity index (χ4v) is 3.99. The van der Waals surface area contributed by atoms with Crippen LogP contribution in [-0.4, -0.2) is 10.1 Å². The fourth-order valence-electron chi connectivity index (χ4n) is 3.99. The summed E-state index contributed by atoms with van der Waals surface area (Å²) in [6.07, 6.45) is 3.71. The number of aryl methyl sites for hydroxylation is 2. The minimum atomic E-state index is -0.333. The van der Waals surface area contributed by atoms with Gasteiger partial charge >= 0.3 is 0 Å². The predicted molar refractivity (Wildman–Crippen MR) is 121 cm³/mol. The molecule has 4 rings (SSSR count). The van der Waals surface area contributed by atoms with Crippen LogP contribution in [0.3, 0.4) is 0 Å². The number of aromatic amines is 1. The van der Waals surface area contributed by atoms with Crippen LogP contribution in [0.15, 0.2) is 89.9 Å². The molecule has 1 heterocycles. The zero-order valence-corrected chi connectivity index (χ0v) is 17.4. The van der Waals surface area contributed by atoms with Gasteiger partial charge in [-0.3, -0.25) is 4.79 Å². The Kier molecular flexibility index (Phi) is 6.45. The van der Waals surface area contributed by atoms with Gasteiger partial charge in [0.1, 0.15) is 17.4 Å². The second-order valence-electron chi connectivity index (χ2n) is 7.85. The quantitative estimate of drug-likeness (QED) is 0.394. The molecule has 4 aromatic rings. The largest absolute Gasteiger partial charge is 0.508 e. The Bertz CT molecular complexity index is 1200. The van der Waals surface area contributed by atoms with Crippen LogP contribution in [0.5, 0.6) is 5.75 Å². The number of pyridine rings is 1. The van der Waals surface area contributed by atoms with E-state index in [-0.39, 0.29) is 28.9 Å². The first-order chi connectivity index (χ1) is 15.5. The summed E-state index contributed by atoms with van der Waals surface area (Å²) in [4.78, 5) is 15.3. The second kappa shape index (κ2) is 9.60. The Labute approximate surface area is 185 Å². The first-order valence-corrected chi connectivity index (χ1v) is 10.5. The van der Waals surface area contributed by atoms with E-state index in [9.17, 15) is 18.7 Å². The van der Waals surface area contributed by atoms with Gasteiger partial charge < -0.3 is 10.1 Å². The third-order valence-corrected chi connectivity index (χ3v) is 5.56. The Hall–Kier alpha value is -3.73. The van der Waals surface area contributed by atoms with Crippen molar-refractivity contribution in [1.82, 2.24) is 4.98 Å². The summed E-state index contributed by atoms with van der Waals surface area (Å²) in [6, 6.07) is 21.4. The van der Waals surface area contributed by atoms with E-state index in [1.807, 2.05) is 12.1 Å². The number of benzene rings is 3. The predicted octanol–water partition coefficient (Wildman–Crippen LogP) is 5.71. The SMILES string of the molecule is O=c1[nH]cc(C(c2ccc(F)cc2)c2ccc(F)cc2)cc1CCCc1cccc(O)c1. The maximum atomic E-state index is 13.5. The van der Waals surface area contributed by atoms with Crippen LogP contribution in [0.1, 0.15) is 40.2 Å². The summed E-state index contributed by atoms with van der Waals surface area (Å²) in [7, 11) is 0. The van der Waals surface area contributed by atoms with E-state index in [1.54, 1.807) is 48.7 Å². The third kappa shape index (κ3) is 5.11. The molecule has 5 heteroatoms. The molecule has 3 aromatic carbocycles. The monoisotopic (exact) mass is 431 g/mol. The highest BCUT2D eigenvalue weighted by atomic mass is 19.1. The first-order valence-electron chi connectivity index (χ1n) is 10.5. The summed E-state index contributed by atoms with van der Waals surface area (Å²) < 4.78 is 27.0. The van der Waals surface area contributed by atoms with E-state index in [1.165, 1.54) is 24.3 Å². The summed E-state index contributed by atoms with van der Waals surface area (Å²) in [5.41, 5.74) is 4.04. The molecule has 0 saturated heterocycles. The molecule has 0 aliphatic rings. The number of aromatic hydroxyl groups is 1. The van der Waals surface area contributed by atoms with Crippen molar-refractivity contribution in [2.75, 3.05) is 0 Å². The molecule has 162 valence electrons. The molecule has 0 aliphatic heterocycles. The van der Waals surface area contributed by atoms with E-state index >= 15 is 0 Å². The standard InChI is InChI=1S/C27H23F2NO2/c28-23-11-7-19(8-12-23)26(20-9-13-24(29)14-10-20)22-16-21(27(32)30-17-22)5-1-3-18-4-2-6-25(31)15-18/h2,4,6-17,26,31H,1,3,5H2,(H,30,32). The first kappa shape index (κ1) is 21.5. The number of rotatable bonds is 7. The van der Waals surface area contributed by atoms with Gasteiger partial charge in [-0.15, -0.1) is 0 Å². The molecular weight excluding hydrogens is 408 g/mol. The van der Waals surface area contributed by atoms with E-state index in [2.05, 4.69) is 4.98 Å². The lowest BCUT2D eigenvalue weighted by Crippen LogP contribution is -2.15. The molecule has 1 aromatic heterocycles. The van der Waals surface area contributed by atoms with Crippen LogP contribution in [0, 0.1) is 11.6 Å². The Balaban J connectivity index is 1.63. The highest BCUT2D eigenvalue weighted by Gasteiger charge is 2.18. The molecule has 0 spiro atoms. The van der Waals surface area contributed by atoms with Crippen molar-refractivity contribution in [2.24, 2.45) is 0 Å². The average molecular weight is 431 g/mol. The maximum Gasteiger partial charge on any atom is 0.251 e. The lowest BCUT2D eigenvalue weighted by atomic mass is 9.85. The van der Waals surface area contributed by atoms with Crippen LogP contribution in [0.25, 0.3) is 0 Å². The zero-order valence-electron chi connectivity index (χ0n) is 17.4. The minimum absolute atomic E-state index is 0.151. The van der Waals surface area contributed by atoms with E-state index in [0.29, 0.717) is 12.0 Å². The maximum absolute atomic E-state index is 13.5. The molecule has 0 radical (unpaired) electrons. The van der Waals surface area contributed by atoms with E-state index in [0.717, 1.165) is 35.1 Å². The van der Waals surface area contributed by atoms with Crippen LogP contribution in [0.4, 0.5) is 8.78 Å². The highest BCUT2D eigenvalue weighted by Crippen LogP contribution is 2.32. The average Bonchev–Trinajstić information content (AvgIpc) is 2.78. The van der Waals surface area contributed by atoms with Crippen molar-refractivity contribution in [3.05, 3.63) is 135 Å². The van der Waals surface area contributed by atoms with Crippen LogP contribution in [-0.2, 0) is 12.8 Å². The number of phenols is 1. The van der Waals surface area contributed by atoms with Gasteiger partial charge in [-0.1, -0.05) is 36.4 Å². The third-order valence-electron chi connectivity index (χ3n) is 5.56. The van der Waals surface area contributed by atoms with Crippen molar-refractivity contribution in [3.8, 4) is 5.75 Å². The molecule has 0 amide bonds. The smallest absolute Gasteiger partial charge is 0.251 e. The van der Waals surface area contributed by atoms with Crippen LogP contribution < -0.4 is 5.56 Å². The fraction of sp³-hybridized carbons (Fsp3) is 0.148. The van der Waals surface area contributed by atoms with Crippen molar-refractivity contribution >= 4 is 0 Å². The number of aromatic nitrogens is 1. The molecule has 0 atom stereocenters. The van der Waals surface area contributed by atoms with Gasteiger partial charge in [0.2, 0.25) is 0 Å². The number of hydrogen-bond acceptors (Lipinski definition) is 2. The molecule has 3 nitrogen and oxygen atoms in total. The molecule has 0 fully saturated rings. The Morgan fingerprint density at radius 3 is 2.00 bits per heavy atom. The highest BCUT2D eigenvalue weighted by molar-refractivity contribution is 5.43. The van der Waals surface area contributed by atoms with Crippen LogP contribution >= 0.6 is 0 Å².